The van der Waals surface area contributed by atoms with E-state index in [0.29, 0.717) is 12.4 Å². The van der Waals surface area contributed by atoms with Crippen molar-refractivity contribution in [1.29, 1.82) is 0 Å². The second-order valence-electron chi connectivity index (χ2n) is 3.60. The molecular weight excluding hydrogens is 270 g/mol. The number of benzene rings is 1. The molecule has 2 aromatic rings. The van der Waals surface area contributed by atoms with Gasteiger partial charge in [-0.2, -0.15) is 4.68 Å². The first kappa shape index (κ1) is 11.2. The third-order valence-corrected chi connectivity index (χ3v) is 2.84. The SMILES string of the molecule is Cc1cc(Br)cc(C)c1-n1nnnc1CN. The summed E-state index contributed by atoms with van der Waals surface area (Å²) in [6, 6.07) is 4.06. The van der Waals surface area contributed by atoms with Gasteiger partial charge in [0.1, 0.15) is 0 Å². The van der Waals surface area contributed by atoms with Crippen LogP contribution >= 0.6 is 15.9 Å². The zero-order valence-corrected chi connectivity index (χ0v) is 10.7. The van der Waals surface area contributed by atoms with E-state index < -0.39 is 0 Å². The van der Waals surface area contributed by atoms with Crippen LogP contribution in [0.1, 0.15) is 17.0 Å². The summed E-state index contributed by atoms with van der Waals surface area (Å²) >= 11 is 3.46. The third-order valence-electron chi connectivity index (χ3n) is 2.38. The number of hydrogen-bond acceptors (Lipinski definition) is 4. The van der Waals surface area contributed by atoms with Crippen molar-refractivity contribution in [3.8, 4) is 5.69 Å². The number of nitrogens with zero attached hydrogens (tertiary/aromatic N) is 4. The van der Waals surface area contributed by atoms with E-state index in [1.54, 1.807) is 4.68 Å². The van der Waals surface area contributed by atoms with Crippen molar-refractivity contribution < 1.29 is 0 Å². The van der Waals surface area contributed by atoms with Crippen molar-refractivity contribution >= 4 is 15.9 Å². The summed E-state index contributed by atoms with van der Waals surface area (Å²) in [7, 11) is 0. The minimum absolute atomic E-state index is 0.321. The quantitative estimate of drug-likeness (QED) is 0.906. The van der Waals surface area contributed by atoms with Gasteiger partial charge in [-0.1, -0.05) is 15.9 Å². The van der Waals surface area contributed by atoms with Gasteiger partial charge in [0.2, 0.25) is 0 Å². The summed E-state index contributed by atoms with van der Waals surface area (Å²) in [5, 5.41) is 11.5. The predicted molar refractivity (Wildman–Crippen MR) is 64.2 cm³/mol. The van der Waals surface area contributed by atoms with E-state index in [0.717, 1.165) is 21.3 Å². The van der Waals surface area contributed by atoms with Gasteiger partial charge in [-0.25, -0.2) is 0 Å². The van der Waals surface area contributed by atoms with Crippen molar-refractivity contribution in [3.05, 3.63) is 33.6 Å². The predicted octanol–water partition coefficient (Wildman–Crippen LogP) is 1.50. The molecule has 0 atom stereocenters. The second-order valence-corrected chi connectivity index (χ2v) is 4.51. The van der Waals surface area contributed by atoms with Crippen LogP contribution in [0, 0.1) is 13.8 Å². The standard InChI is InChI=1S/C10H12BrN5/c1-6-3-8(11)4-7(2)10(6)16-9(5-12)13-14-15-16/h3-4H,5,12H2,1-2H3. The summed E-state index contributed by atoms with van der Waals surface area (Å²) < 4.78 is 2.74. The zero-order valence-electron chi connectivity index (χ0n) is 9.11. The highest BCUT2D eigenvalue weighted by Crippen LogP contribution is 2.23. The average Bonchev–Trinajstić information content (AvgIpc) is 2.64. The Bertz CT molecular complexity index is 497. The van der Waals surface area contributed by atoms with Crippen LogP contribution in [-0.2, 0) is 6.54 Å². The Hall–Kier alpha value is -1.27. The van der Waals surface area contributed by atoms with Gasteiger partial charge < -0.3 is 5.73 Å². The molecular formula is C10H12BrN5. The minimum Gasteiger partial charge on any atom is -0.324 e. The number of tetrazole rings is 1. The molecule has 0 spiro atoms. The number of nitrogens with two attached hydrogens (primary N) is 1. The van der Waals surface area contributed by atoms with Gasteiger partial charge >= 0.3 is 0 Å². The monoisotopic (exact) mass is 281 g/mol. The molecule has 1 aromatic carbocycles. The van der Waals surface area contributed by atoms with Crippen LogP contribution in [0.4, 0.5) is 0 Å². The highest BCUT2D eigenvalue weighted by Gasteiger charge is 2.12. The molecule has 0 radical (unpaired) electrons. The molecule has 0 saturated carbocycles. The Labute approximate surface area is 102 Å². The first-order valence-electron chi connectivity index (χ1n) is 4.88. The molecule has 16 heavy (non-hydrogen) atoms. The van der Waals surface area contributed by atoms with Crippen LogP contribution in [0.25, 0.3) is 5.69 Å². The summed E-state index contributed by atoms with van der Waals surface area (Å²) in [6.07, 6.45) is 0. The maximum Gasteiger partial charge on any atom is 0.170 e. The number of aryl methyl sites for hydroxylation is 2. The first-order valence-corrected chi connectivity index (χ1v) is 5.67. The van der Waals surface area contributed by atoms with Crippen LogP contribution < -0.4 is 5.73 Å². The van der Waals surface area contributed by atoms with Gasteiger partial charge in [-0.3, -0.25) is 0 Å². The molecule has 0 saturated heterocycles. The molecule has 84 valence electrons. The van der Waals surface area contributed by atoms with Gasteiger partial charge in [0.05, 0.1) is 12.2 Å². The second kappa shape index (κ2) is 4.31. The van der Waals surface area contributed by atoms with E-state index in [2.05, 4.69) is 31.5 Å². The molecule has 2 N–H and O–H groups in total. The highest BCUT2D eigenvalue weighted by molar-refractivity contribution is 9.10. The molecule has 0 unspecified atom stereocenters. The fourth-order valence-electron chi connectivity index (χ4n) is 1.74. The maximum atomic E-state index is 5.59. The summed E-state index contributed by atoms with van der Waals surface area (Å²) in [5.41, 5.74) is 8.79. The first-order chi connectivity index (χ1) is 7.63. The van der Waals surface area contributed by atoms with Crippen LogP contribution in [0.2, 0.25) is 0 Å². The Kier molecular flexibility index (Phi) is 3.02. The van der Waals surface area contributed by atoms with Gasteiger partial charge in [-0.05, 0) is 47.5 Å². The molecule has 0 amide bonds. The Morgan fingerprint density at radius 3 is 2.50 bits per heavy atom. The van der Waals surface area contributed by atoms with E-state index in [9.17, 15) is 0 Å². The van der Waals surface area contributed by atoms with Crippen LogP contribution in [0.15, 0.2) is 16.6 Å². The van der Waals surface area contributed by atoms with Gasteiger partial charge in [0.15, 0.2) is 5.82 Å². The van der Waals surface area contributed by atoms with E-state index in [4.69, 9.17) is 5.73 Å². The zero-order chi connectivity index (χ0) is 11.7. The number of rotatable bonds is 2. The minimum atomic E-state index is 0.321. The Morgan fingerprint density at radius 1 is 1.31 bits per heavy atom. The molecule has 5 nitrogen and oxygen atoms in total. The van der Waals surface area contributed by atoms with Crippen LogP contribution in [-0.4, -0.2) is 20.2 Å². The van der Waals surface area contributed by atoms with E-state index in [1.165, 1.54) is 0 Å². The van der Waals surface area contributed by atoms with Gasteiger partial charge in [-0.15, -0.1) is 5.10 Å². The lowest BCUT2D eigenvalue weighted by Gasteiger charge is -2.11. The lowest BCUT2D eigenvalue weighted by atomic mass is 10.1. The van der Waals surface area contributed by atoms with Crippen molar-refractivity contribution in [1.82, 2.24) is 20.2 Å². The highest BCUT2D eigenvalue weighted by atomic mass is 79.9. The van der Waals surface area contributed by atoms with Crippen molar-refractivity contribution in [3.63, 3.8) is 0 Å². The summed E-state index contributed by atoms with van der Waals surface area (Å²) in [5.74, 6) is 0.661. The van der Waals surface area contributed by atoms with E-state index in [-0.39, 0.29) is 0 Å². The van der Waals surface area contributed by atoms with Crippen molar-refractivity contribution in [2.45, 2.75) is 20.4 Å². The van der Waals surface area contributed by atoms with Gasteiger partial charge in [0.25, 0.3) is 0 Å². The molecule has 6 heteroatoms. The van der Waals surface area contributed by atoms with Crippen LogP contribution in [0.3, 0.4) is 0 Å². The van der Waals surface area contributed by atoms with Crippen LogP contribution in [0.5, 0.6) is 0 Å². The topological polar surface area (TPSA) is 69.6 Å². The fourth-order valence-corrected chi connectivity index (χ4v) is 2.43. The lowest BCUT2D eigenvalue weighted by molar-refractivity contribution is 0.753. The Morgan fingerprint density at radius 2 is 1.94 bits per heavy atom. The average molecular weight is 282 g/mol. The van der Waals surface area contributed by atoms with Crippen molar-refractivity contribution in [2.75, 3.05) is 0 Å². The molecule has 0 aliphatic carbocycles. The van der Waals surface area contributed by atoms with Gasteiger partial charge in [0, 0.05) is 4.47 Å². The third kappa shape index (κ3) is 1.85. The van der Waals surface area contributed by atoms with E-state index >= 15 is 0 Å². The maximum absolute atomic E-state index is 5.59. The summed E-state index contributed by atoms with van der Waals surface area (Å²) in [4.78, 5) is 0. The normalized spacial score (nSPS) is 10.8. The molecule has 0 aliphatic rings. The lowest BCUT2D eigenvalue weighted by Crippen LogP contribution is -2.10. The molecule has 2 rings (SSSR count). The molecule has 1 aromatic heterocycles. The molecule has 1 heterocycles. The molecule has 0 fully saturated rings. The largest absolute Gasteiger partial charge is 0.324 e. The van der Waals surface area contributed by atoms with E-state index in [1.807, 2.05) is 26.0 Å². The molecule has 0 bridgehead atoms. The molecule has 0 aliphatic heterocycles. The Balaban J connectivity index is 2.64. The smallest absolute Gasteiger partial charge is 0.170 e. The number of halogens is 1. The number of aromatic nitrogens is 4. The fraction of sp³-hybridized carbons (Fsp3) is 0.300. The number of hydrogen-bond donors (Lipinski definition) is 1. The van der Waals surface area contributed by atoms with Crippen molar-refractivity contribution in [2.24, 2.45) is 5.73 Å². The summed E-state index contributed by atoms with van der Waals surface area (Å²) in [6.45, 7) is 4.37.